The van der Waals surface area contributed by atoms with Gasteiger partial charge in [0.1, 0.15) is 0 Å². The zero-order valence-corrected chi connectivity index (χ0v) is 14.3. The minimum absolute atomic E-state index is 0. The van der Waals surface area contributed by atoms with E-state index in [1.807, 2.05) is 0 Å². The van der Waals surface area contributed by atoms with E-state index in [0.29, 0.717) is 11.4 Å². The van der Waals surface area contributed by atoms with Crippen LogP contribution in [-0.4, -0.2) is 33.7 Å². The topological polar surface area (TPSA) is 87.3 Å². The summed E-state index contributed by atoms with van der Waals surface area (Å²) in [5, 5.41) is 5.86. The molecule has 0 radical (unpaired) electrons. The molecule has 6 nitrogen and oxygen atoms in total. The zero-order valence-electron chi connectivity index (χ0n) is 12.7. The average Bonchev–Trinajstić information content (AvgIpc) is 3.16. The van der Waals surface area contributed by atoms with E-state index >= 15 is 0 Å². The number of hydrogen-bond acceptors (Lipinski definition) is 4. The van der Waals surface area contributed by atoms with Crippen molar-refractivity contribution < 1.29 is 13.2 Å². The minimum atomic E-state index is -3.34. The molecule has 1 aliphatic carbocycles. The van der Waals surface area contributed by atoms with E-state index in [2.05, 4.69) is 15.4 Å². The van der Waals surface area contributed by atoms with Crippen molar-refractivity contribution in [1.82, 2.24) is 5.32 Å². The number of carbonyl (C=O) groups is 1. The Morgan fingerprint density at radius 3 is 2.59 bits per heavy atom. The van der Waals surface area contributed by atoms with Crippen LogP contribution in [0.2, 0.25) is 0 Å². The molecule has 0 atom stereocenters. The number of rotatable bonds is 7. The molecular formula is C14H22ClN3O3S. The van der Waals surface area contributed by atoms with Crippen molar-refractivity contribution in [1.29, 1.82) is 0 Å². The molecule has 124 valence electrons. The first kappa shape index (κ1) is 18.7. The van der Waals surface area contributed by atoms with Crippen LogP contribution in [0.25, 0.3) is 0 Å². The summed E-state index contributed by atoms with van der Waals surface area (Å²) in [6.07, 6.45) is 3.58. The van der Waals surface area contributed by atoms with Crippen LogP contribution in [-0.2, 0) is 14.8 Å². The van der Waals surface area contributed by atoms with E-state index < -0.39 is 10.0 Å². The lowest BCUT2D eigenvalue weighted by Gasteiger charge is -2.11. The second-order valence-electron chi connectivity index (χ2n) is 5.53. The SMILES string of the molecule is Cc1ccc(NC(=O)CNCC2CC2)cc1NS(C)(=O)=O.Cl. The molecule has 2 rings (SSSR count). The first-order valence-electron chi connectivity index (χ1n) is 6.92. The molecule has 8 heteroatoms. The van der Waals surface area contributed by atoms with Crippen LogP contribution in [0, 0.1) is 12.8 Å². The van der Waals surface area contributed by atoms with Gasteiger partial charge in [-0.2, -0.15) is 0 Å². The Morgan fingerprint density at radius 1 is 1.32 bits per heavy atom. The Hall–Kier alpha value is -1.31. The summed E-state index contributed by atoms with van der Waals surface area (Å²) in [6, 6.07) is 5.14. The molecule has 0 spiro atoms. The third-order valence-electron chi connectivity index (χ3n) is 3.23. The Kier molecular flexibility index (Phi) is 6.65. The highest BCUT2D eigenvalue weighted by Crippen LogP contribution is 2.27. The largest absolute Gasteiger partial charge is 0.325 e. The molecule has 0 saturated heterocycles. The summed E-state index contributed by atoms with van der Waals surface area (Å²) in [5.41, 5.74) is 1.84. The highest BCUT2D eigenvalue weighted by Gasteiger charge is 2.20. The predicted molar refractivity (Wildman–Crippen MR) is 91.1 cm³/mol. The van der Waals surface area contributed by atoms with E-state index in [1.165, 1.54) is 12.8 Å². The molecule has 1 aromatic carbocycles. The van der Waals surface area contributed by atoms with Crippen molar-refractivity contribution in [3.63, 3.8) is 0 Å². The average molecular weight is 348 g/mol. The van der Waals surface area contributed by atoms with Gasteiger partial charge in [0.25, 0.3) is 0 Å². The van der Waals surface area contributed by atoms with E-state index in [4.69, 9.17) is 0 Å². The number of nitrogens with one attached hydrogen (secondary N) is 3. The van der Waals surface area contributed by atoms with Crippen molar-refractivity contribution in [3.8, 4) is 0 Å². The highest BCUT2D eigenvalue weighted by molar-refractivity contribution is 7.92. The first-order valence-corrected chi connectivity index (χ1v) is 8.81. The van der Waals surface area contributed by atoms with Gasteiger partial charge in [-0.05, 0) is 49.9 Å². The molecule has 3 N–H and O–H groups in total. The van der Waals surface area contributed by atoms with Gasteiger partial charge in [-0.3, -0.25) is 9.52 Å². The van der Waals surface area contributed by atoms with Gasteiger partial charge in [-0.25, -0.2) is 8.42 Å². The molecule has 1 amide bonds. The number of amides is 1. The predicted octanol–water partition coefficient (Wildman–Crippen LogP) is 1.73. The van der Waals surface area contributed by atoms with E-state index in [9.17, 15) is 13.2 Å². The number of benzene rings is 1. The number of carbonyl (C=O) groups excluding carboxylic acids is 1. The summed E-state index contributed by atoms with van der Waals surface area (Å²) in [4.78, 5) is 11.8. The molecule has 0 unspecified atom stereocenters. The Labute approximate surface area is 137 Å². The normalized spacial score (nSPS) is 14.1. The standard InChI is InChI=1S/C14H21N3O3S.ClH/c1-10-3-6-12(7-13(10)17-21(2,19)20)16-14(18)9-15-8-11-4-5-11;/h3,6-7,11,15,17H,4-5,8-9H2,1-2H3,(H,16,18);1H. The lowest BCUT2D eigenvalue weighted by molar-refractivity contribution is -0.115. The fourth-order valence-corrected chi connectivity index (χ4v) is 2.55. The Balaban J connectivity index is 0.00000242. The van der Waals surface area contributed by atoms with Crippen LogP contribution in [0.4, 0.5) is 11.4 Å². The maximum Gasteiger partial charge on any atom is 0.238 e. The quantitative estimate of drug-likeness (QED) is 0.701. The highest BCUT2D eigenvalue weighted by atomic mass is 35.5. The van der Waals surface area contributed by atoms with Crippen molar-refractivity contribution in [2.24, 2.45) is 5.92 Å². The van der Waals surface area contributed by atoms with Crippen molar-refractivity contribution in [3.05, 3.63) is 23.8 Å². The molecular weight excluding hydrogens is 326 g/mol. The van der Waals surface area contributed by atoms with Gasteiger partial charge >= 0.3 is 0 Å². The molecule has 0 heterocycles. The third kappa shape index (κ3) is 6.64. The van der Waals surface area contributed by atoms with E-state index in [-0.39, 0.29) is 24.9 Å². The van der Waals surface area contributed by atoms with Gasteiger partial charge in [-0.1, -0.05) is 6.07 Å². The smallest absolute Gasteiger partial charge is 0.238 e. The van der Waals surface area contributed by atoms with Crippen LogP contribution in [0.1, 0.15) is 18.4 Å². The third-order valence-corrected chi connectivity index (χ3v) is 3.82. The summed E-state index contributed by atoms with van der Waals surface area (Å²) in [7, 11) is -3.34. The number of aryl methyl sites for hydroxylation is 1. The van der Waals surface area contributed by atoms with Gasteiger partial charge in [0.15, 0.2) is 0 Å². The second-order valence-corrected chi connectivity index (χ2v) is 7.27. The molecule has 1 aromatic rings. The van der Waals surface area contributed by atoms with Gasteiger partial charge in [0, 0.05) is 5.69 Å². The van der Waals surface area contributed by atoms with Crippen LogP contribution in [0.3, 0.4) is 0 Å². The molecule has 22 heavy (non-hydrogen) atoms. The monoisotopic (exact) mass is 347 g/mol. The number of hydrogen-bond donors (Lipinski definition) is 3. The van der Waals surface area contributed by atoms with Crippen LogP contribution in [0.5, 0.6) is 0 Å². The second kappa shape index (κ2) is 7.80. The van der Waals surface area contributed by atoms with E-state index in [1.54, 1.807) is 25.1 Å². The molecule has 1 saturated carbocycles. The fraction of sp³-hybridized carbons (Fsp3) is 0.500. The maximum absolute atomic E-state index is 11.8. The van der Waals surface area contributed by atoms with Gasteiger partial charge in [-0.15, -0.1) is 12.4 Å². The number of halogens is 1. The number of sulfonamides is 1. The summed E-state index contributed by atoms with van der Waals surface area (Å²) < 4.78 is 25.0. The Morgan fingerprint density at radius 2 is 2.00 bits per heavy atom. The van der Waals surface area contributed by atoms with Crippen LogP contribution < -0.4 is 15.4 Å². The molecule has 1 fully saturated rings. The Bertz CT molecular complexity index is 630. The lowest BCUT2D eigenvalue weighted by Crippen LogP contribution is -2.29. The molecule has 1 aliphatic rings. The van der Waals surface area contributed by atoms with Crippen LogP contribution in [0.15, 0.2) is 18.2 Å². The molecule has 0 bridgehead atoms. The van der Waals surface area contributed by atoms with Gasteiger partial charge in [0.05, 0.1) is 18.5 Å². The maximum atomic E-state index is 11.8. The fourth-order valence-electron chi connectivity index (χ4n) is 1.93. The summed E-state index contributed by atoms with van der Waals surface area (Å²) in [5.74, 6) is 0.590. The zero-order chi connectivity index (χ0) is 15.5. The van der Waals surface area contributed by atoms with Crippen molar-refractivity contribution in [2.45, 2.75) is 19.8 Å². The van der Waals surface area contributed by atoms with Gasteiger partial charge < -0.3 is 10.6 Å². The number of anilines is 2. The summed E-state index contributed by atoms with van der Waals surface area (Å²) in [6.45, 7) is 2.94. The first-order chi connectivity index (χ1) is 9.83. The molecule has 0 aliphatic heterocycles. The van der Waals surface area contributed by atoms with Crippen molar-refractivity contribution >= 4 is 39.7 Å². The van der Waals surface area contributed by atoms with E-state index in [0.717, 1.165) is 24.3 Å². The van der Waals surface area contributed by atoms with Gasteiger partial charge in [0.2, 0.25) is 15.9 Å². The molecule has 0 aromatic heterocycles. The van der Waals surface area contributed by atoms with Crippen LogP contribution >= 0.6 is 12.4 Å². The van der Waals surface area contributed by atoms with Crippen molar-refractivity contribution in [2.75, 3.05) is 29.4 Å². The lowest BCUT2D eigenvalue weighted by atomic mass is 10.2. The summed E-state index contributed by atoms with van der Waals surface area (Å²) >= 11 is 0. The minimum Gasteiger partial charge on any atom is -0.325 e.